The number of rotatable bonds is 9. The molecule has 0 atom stereocenters. The Labute approximate surface area is 168 Å². The molecule has 1 aromatic heterocycles. The van der Waals surface area contributed by atoms with Gasteiger partial charge in [-0.05, 0) is 30.2 Å². The van der Waals surface area contributed by atoms with Crippen molar-refractivity contribution in [2.24, 2.45) is 0 Å². The zero-order chi connectivity index (χ0) is 19.8. The molecule has 1 heterocycles. The number of hydrogen-bond donors (Lipinski definition) is 0. The number of hydrogen-bond acceptors (Lipinski definition) is 6. The standard InChI is InChI=1S/C21H23N3O3S/c1-3-24(14-17-7-5-4-6-8-17)20(25)15-28-21-23-22-19(27-21)13-16-9-11-18(26-2)12-10-16/h4-12H,3,13-15H2,1-2H3. The summed E-state index contributed by atoms with van der Waals surface area (Å²) in [5.74, 6) is 1.65. The first-order chi connectivity index (χ1) is 13.7. The van der Waals surface area contributed by atoms with Crippen molar-refractivity contribution in [3.8, 4) is 5.75 Å². The zero-order valence-corrected chi connectivity index (χ0v) is 16.8. The molecule has 0 fully saturated rings. The molecule has 6 nitrogen and oxygen atoms in total. The van der Waals surface area contributed by atoms with Gasteiger partial charge in [0.25, 0.3) is 5.22 Å². The molecular formula is C21H23N3O3S. The molecule has 0 aliphatic heterocycles. The Bertz CT molecular complexity index is 881. The number of aromatic nitrogens is 2. The van der Waals surface area contributed by atoms with E-state index in [0.29, 0.717) is 30.6 Å². The summed E-state index contributed by atoms with van der Waals surface area (Å²) in [6, 6.07) is 17.7. The Morgan fingerprint density at radius 1 is 1.07 bits per heavy atom. The van der Waals surface area contributed by atoms with E-state index in [1.165, 1.54) is 11.8 Å². The highest BCUT2D eigenvalue weighted by atomic mass is 32.2. The average molecular weight is 398 g/mol. The molecular weight excluding hydrogens is 374 g/mol. The lowest BCUT2D eigenvalue weighted by molar-refractivity contribution is -0.128. The molecule has 0 N–H and O–H groups in total. The van der Waals surface area contributed by atoms with Crippen LogP contribution in [-0.2, 0) is 17.8 Å². The number of ether oxygens (including phenoxy) is 1. The van der Waals surface area contributed by atoms with Crippen molar-refractivity contribution in [1.29, 1.82) is 0 Å². The second kappa shape index (κ2) is 9.94. The minimum atomic E-state index is 0.0475. The summed E-state index contributed by atoms with van der Waals surface area (Å²) in [6.07, 6.45) is 0.542. The van der Waals surface area contributed by atoms with Crippen LogP contribution in [0.1, 0.15) is 23.9 Å². The highest BCUT2D eigenvalue weighted by molar-refractivity contribution is 7.99. The molecule has 0 spiro atoms. The topological polar surface area (TPSA) is 68.5 Å². The Kier molecular flexibility index (Phi) is 7.08. The molecule has 28 heavy (non-hydrogen) atoms. The first-order valence-electron chi connectivity index (χ1n) is 9.07. The lowest BCUT2D eigenvalue weighted by Crippen LogP contribution is -2.31. The van der Waals surface area contributed by atoms with Gasteiger partial charge in [-0.2, -0.15) is 0 Å². The molecule has 0 radical (unpaired) electrons. The van der Waals surface area contributed by atoms with Gasteiger partial charge in [0.2, 0.25) is 11.8 Å². The van der Waals surface area contributed by atoms with Gasteiger partial charge in [-0.25, -0.2) is 0 Å². The van der Waals surface area contributed by atoms with E-state index in [4.69, 9.17) is 9.15 Å². The van der Waals surface area contributed by atoms with E-state index in [0.717, 1.165) is 16.9 Å². The summed E-state index contributed by atoms with van der Waals surface area (Å²) in [5, 5.41) is 8.52. The van der Waals surface area contributed by atoms with Crippen molar-refractivity contribution in [1.82, 2.24) is 15.1 Å². The van der Waals surface area contributed by atoms with Gasteiger partial charge in [0, 0.05) is 13.1 Å². The predicted octanol–water partition coefficient (Wildman–Crippen LogP) is 3.81. The number of nitrogens with zero attached hydrogens (tertiary/aromatic N) is 3. The third kappa shape index (κ3) is 5.60. The minimum absolute atomic E-state index is 0.0475. The molecule has 2 aromatic carbocycles. The number of amides is 1. The monoisotopic (exact) mass is 397 g/mol. The summed E-state index contributed by atoms with van der Waals surface area (Å²) >= 11 is 1.27. The largest absolute Gasteiger partial charge is 0.497 e. The van der Waals surface area contributed by atoms with Crippen LogP contribution in [0.15, 0.2) is 64.2 Å². The van der Waals surface area contributed by atoms with Gasteiger partial charge >= 0.3 is 0 Å². The van der Waals surface area contributed by atoms with Gasteiger partial charge in [-0.3, -0.25) is 4.79 Å². The van der Waals surface area contributed by atoms with E-state index in [1.807, 2.05) is 66.4 Å². The van der Waals surface area contributed by atoms with E-state index < -0.39 is 0 Å². The Balaban J connectivity index is 1.52. The number of benzene rings is 2. The van der Waals surface area contributed by atoms with Crippen LogP contribution < -0.4 is 4.74 Å². The summed E-state index contributed by atoms with van der Waals surface area (Å²) in [7, 11) is 1.64. The molecule has 0 bridgehead atoms. The third-order valence-corrected chi connectivity index (χ3v) is 5.04. The van der Waals surface area contributed by atoms with E-state index in [1.54, 1.807) is 7.11 Å². The van der Waals surface area contributed by atoms with Crippen molar-refractivity contribution in [3.05, 3.63) is 71.6 Å². The van der Waals surface area contributed by atoms with Crippen molar-refractivity contribution < 1.29 is 13.9 Å². The molecule has 7 heteroatoms. The zero-order valence-electron chi connectivity index (χ0n) is 16.0. The number of carbonyl (C=O) groups is 1. The summed E-state index contributed by atoms with van der Waals surface area (Å²) < 4.78 is 10.8. The number of methoxy groups -OCH3 is 1. The second-order valence-corrected chi connectivity index (χ2v) is 7.10. The molecule has 0 saturated heterocycles. The maximum Gasteiger partial charge on any atom is 0.277 e. The Hall–Kier alpha value is -2.80. The van der Waals surface area contributed by atoms with Crippen LogP contribution in [0, 0.1) is 0 Å². The van der Waals surface area contributed by atoms with Gasteiger partial charge in [-0.1, -0.05) is 54.2 Å². The van der Waals surface area contributed by atoms with Crippen LogP contribution in [0.2, 0.25) is 0 Å². The fourth-order valence-electron chi connectivity index (χ4n) is 2.68. The van der Waals surface area contributed by atoms with Crippen LogP contribution in [0.3, 0.4) is 0 Å². The van der Waals surface area contributed by atoms with Crippen LogP contribution in [0.25, 0.3) is 0 Å². The molecule has 0 aliphatic rings. The lowest BCUT2D eigenvalue weighted by atomic mass is 10.1. The normalized spacial score (nSPS) is 10.6. The highest BCUT2D eigenvalue weighted by Gasteiger charge is 2.15. The summed E-state index contributed by atoms with van der Waals surface area (Å²) in [6.45, 7) is 3.23. The molecule has 3 rings (SSSR count). The average Bonchev–Trinajstić information content (AvgIpc) is 3.19. The van der Waals surface area contributed by atoms with Crippen LogP contribution in [0.4, 0.5) is 0 Å². The molecule has 3 aromatic rings. The van der Waals surface area contributed by atoms with Crippen molar-refractivity contribution in [2.75, 3.05) is 19.4 Å². The fraction of sp³-hybridized carbons (Fsp3) is 0.286. The van der Waals surface area contributed by atoms with Gasteiger partial charge < -0.3 is 14.1 Å². The van der Waals surface area contributed by atoms with Crippen LogP contribution >= 0.6 is 11.8 Å². The quantitative estimate of drug-likeness (QED) is 0.512. The first kappa shape index (κ1) is 19.9. The second-order valence-electron chi connectivity index (χ2n) is 6.17. The number of carbonyl (C=O) groups excluding carboxylic acids is 1. The van der Waals surface area contributed by atoms with Gasteiger partial charge in [0.15, 0.2) is 0 Å². The van der Waals surface area contributed by atoms with Crippen LogP contribution in [-0.4, -0.2) is 40.4 Å². The van der Waals surface area contributed by atoms with Crippen LogP contribution in [0.5, 0.6) is 5.75 Å². The van der Waals surface area contributed by atoms with Crippen molar-refractivity contribution in [3.63, 3.8) is 0 Å². The summed E-state index contributed by atoms with van der Waals surface area (Å²) in [4.78, 5) is 14.3. The molecule has 146 valence electrons. The SMILES string of the molecule is CCN(Cc1ccccc1)C(=O)CSc1nnc(Cc2ccc(OC)cc2)o1. The van der Waals surface area contributed by atoms with E-state index in [-0.39, 0.29) is 11.7 Å². The molecule has 1 amide bonds. The van der Waals surface area contributed by atoms with E-state index in [9.17, 15) is 4.79 Å². The van der Waals surface area contributed by atoms with Gasteiger partial charge in [0.05, 0.1) is 19.3 Å². The molecule has 0 unspecified atom stereocenters. The van der Waals surface area contributed by atoms with E-state index in [2.05, 4.69) is 10.2 Å². The Morgan fingerprint density at radius 3 is 2.50 bits per heavy atom. The maximum absolute atomic E-state index is 12.5. The van der Waals surface area contributed by atoms with Crippen molar-refractivity contribution in [2.45, 2.75) is 25.1 Å². The number of thioether (sulfide) groups is 1. The molecule has 0 saturated carbocycles. The lowest BCUT2D eigenvalue weighted by Gasteiger charge is -2.20. The Morgan fingerprint density at radius 2 is 1.82 bits per heavy atom. The summed E-state index contributed by atoms with van der Waals surface area (Å²) in [5.41, 5.74) is 2.17. The highest BCUT2D eigenvalue weighted by Crippen LogP contribution is 2.20. The maximum atomic E-state index is 12.5. The van der Waals surface area contributed by atoms with Crippen molar-refractivity contribution >= 4 is 17.7 Å². The smallest absolute Gasteiger partial charge is 0.277 e. The molecule has 0 aliphatic carbocycles. The fourth-order valence-corrected chi connectivity index (χ4v) is 3.36. The van der Waals surface area contributed by atoms with E-state index >= 15 is 0 Å². The van der Waals surface area contributed by atoms with Gasteiger partial charge in [-0.15, -0.1) is 10.2 Å². The van der Waals surface area contributed by atoms with Gasteiger partial charge in [0.1, 0.15) is 5.75 Å². The minimum Gasteiger partial charge on any atom is -0.497 e. The first-order valence-corrected chi connectivity index (χ1v) is 10.1. The predicted molar refractivity (Wildman–Crippen MR) is 108 cm³/mol. The third-order valence-electron chi connectivity index (χ3n) is 4.23.